The Balaban J connectivity index is 1.31. The molecule has 6 unspecified atom stereocenters. The van der Waals surface area contributed by atoms with Crippen LogP contribution >= 0.6 is 0 Å². The molecule has 2 N–H and O–H groups in total. The maximum atomic E-state index is 12.8. The summed E-state index contributed by atoms with van der Waals surface area (Å²) in [6, 6.07) is 9.94. The minimum absolute atomic E-state index is 0.0534. The van der Waals surface area contributed by atoms with E-state index in [-0.39, 0.29) is 17.4 Å². The molecule has 0 bridgehead atoms. The highest BCUT2D eigenvalue weighted by Gasteiger charge is 2.62. The molecule has 188 valence electrons. The van der Waals surface area contributed by atoms with Crippen LogP contribution in [0, 0.1) is 40.4 Å². The molecule has 1 amide bonds. The van der Waals surface area contributed by atoms with E-state index in [1.807, 2.05) is 30.3 Å². The molecule has 5 rings (SSSR count). The van der Waals surface area contributed by atoms with Crippen molar-refractivity contribution in [3.63, 3.8) is 0 Å². The van der Waals surface area contributed by atoms with Crippen LogP contribution < -0.4 is 5.32 Å². The second-order valence-corrected chi connectivity index (χ2v) is 13.0. The van der Waals surface area contributed by atoms with E-state index in [9.17, 15) is 9.90 Å². The van der Waals surface area contributed by atoms with Gasteiger partial charge in [0, 0.05) is 11.6 Å². The second-order valence-electron chi connectivity index (χ2n) is 13.0. The van der Waals surface area contributed by atoms with Crippen molar-refractivity contribution in [2.24, 2.45) is 40.4 Å². The number of nitrogens with zero attached hydrogens (tertiary/aromatic N) is 1. The zero-order chi connectivity index (χ0) is 24.3. The lowest BCUT2D eigenvalue weighted by Gasteiger charge is -2.62. The van der Waals surface area contributed by atoms with Crippen molar-refractivity contribution in [1.29, 1.82) is 0 Å². The van der Waals surface area contributed by atoms with Crippen LogP contribution in [-0.2, 0) is 0 Å². The van der Waals surface area contributed by atoms with Gasteiger partial charge in [-0.25, -0.2) is 0 Å². The molecule has 0 aromatic heterocycles. The van der Waals surface area contributed by atoms with Crippen LogP contribution in [0.5, 0.6) is 0 Å². The highest BCUT2D eigenvalue weighted by atomic mass is 16.3. The summed E-state index contributed by atoms with van der Waals surface area (Å²) < 4.78 is 0. The third-order valence-electron chi connectivity index (χ3n) is 11.6. The first-order valence-electron chi connectivity index (χ1n) is 13.9. The van der Waals surface area contributed by atoms with Crippen LogP contribution in [0.3, 0.4) is 0 Å². The molecule has 34 heavy (non-hydrogen) atoms. The molecule has 4 fully saturated rings. The number of fused-ring (bicyclic) bond motifs is 5. The van der Waals surface area contributed by atoms with Crippen LogP contribution in [0.25, 0.3) is 0 Å². The molecule has 4 aliphatic carbocycles. The van der Waals surface area contributed by atoms with Gasteiger partial charge in [-0.3, -0.25) is 4.79 Å². The highest BCUT2D eigenvalue weighted by Crippen LogP contribution is 2.67. The summed E-state index contributed by atoms with van der Waals surface area (Å²) in [5.74, 6) is 3.41. The Kier molecular flexibility index (Phi) is 6.38. The summed E-state index contributed by atoms with van der Waals surface area (Å²) in [6.45, 7) is 7.54. The number of aliphatic hydroxyl groups is 1. The van der Waals surface area contributed by atoms with Gasteiger partial charge in [-0.05, 0) is 125 Å². The standard InChI is InChI=1S/C30H46N2O2/c1-19(32(4)5)22-13-14-23-21-11-12-25-27(33)26(31-28(34)20-9-7-6-8-10-20)16-18-30(25,3)24(21)15-17-29(22,23)2/h6-10,19,21-27,33H,11-18H2,1-5H3,(H,31,34)/t19?,21?,22?,23?,24?,25?,26-,27+,29+,30+/m0/s1. The number of aliphatic hydroxyl groups excluding tert-OH is 1. The zero-order valence-corrected chi connectivity index (χ0v) is 22.0. The van der Waals surface area contributed by atoms with Crippen LogP contribution in [0.4, 0.5) is 0 Å². The van der Waals surface area contributed by atoms with E-state index in [0.717, 1.165) is 42.9 Å². The largest absolute Gasteiger partial charge is 0.391 e. The van der Waals surface area contributed by atoms with E-state index in [0.29, 0.717) is 22.9 Å². The van der Waals surface area contributed by atoms with E-state index in [4.69, 9.17) is 0 Å². The number of hydrogen-bond acceptors (Lipinski definition) is 3. The van der Waals surface area contributed by atoms with Crippen molar-refractivity contribution >= 4 is 5.91 Å². The minimum atomic E-state index is -0.439. The van der Waals surface area contributed by atoms with Crippen molar-refractivity contribution in [2.45, 2.75) is 90.3 Å². The molecule has 0 spiro atoms. The number of carbonyl (C=O) groups is 1. The Morgan fingerprint density at radius 3 is 2.29 bits per heavy atom. The molecule has 0 aliphatic heterocycles. The number of benzene rings is 1. The zero-order valence-electron chi connectivity index (χ0n) is 22.0. The number of nitrogens with one attached hydrogen (secondary N) is 1. The van der Waals surface area contributed by atoms with E-state index in [2.05, 4.69) is 45.1 Å². The summed E-state index contributed by atoms with van der Waals surface area (Å²) in [5.41, 5.74) is 1.34. The molecule has 4 aliphatic rings. The third kappa shape index (κ3) is 3.75. The van der Waals surface area contributed by atoms with Crippen LogP contribution in [-0.4, -0.2) is 48.2 Å². The molecule has 0 saturated heterocycles. The lowest BCUT2D eigenvalue weighted by molar-refractivity contribution is -0.152. The Hall–Kier alpha value is -1.39. The van der Waals surface area contributed by atoms with Gasteiger partial charge in [0.2, 0.25) is 0 Å². The smallest absolute Gasteiger partial charge is 0.251 e. The fourth-order valence-electron chi connectivity index (χ4n) is 9.53. The first-order chi connectivity index (χ1) is 16.2. The van der Waals surface area contributed by atoms with Gasteiger partial charge in [0.15, 0.2) is 0 Å². The normalized spacial score (nSPS) is 44.6. The molecule has 1 aromatic carbocycles. The number of carbonyl (C=O) groups excluding carboxylic acids is 1. The fourth-order valence-corrected chi connectivity index (χ4v) is 9.53. The first-order valence-corrected chi connectivity index (χ1v) is 13.9. The van der Waals surface area contributed by atoms with Crippen molar-refractivity contribution in [1.82, 2.24) is 10.2 Å². The van der Waals surface area contributed by atoms with Crippen molar-refractivity contribution in [3.05, 3.63) is 35.9 Å². The topological polar surface area (TPSA) is 52.6 Å². The molecule has 4 heteroatoms. The Bertz CT molecular complexity index is 887. The monoisotopic (exact) mass is 466 g/mol. The lowest BCUT2D eigenvalue weighted by atomic mass is 9.44. The maximum Gasteiger partial charge on any atom is 0.251 e. The number of amides is 1. The lowest BCUT2D eigenvalue weighted by Crippen LogP contribution is -2.61. The van der Waals surface area contributed by atoms with Gasteiger partial charge in [0.05, 0.1) is 12.1 Å². The Morgan fingerprint density at radius 1 is 0.941 bits per heavy atom. The van der Waals surface area contributed by atoms with Crippen LogP contribution in [0.2, 0.25) is 0 Å². The predicted octanol–water partition coefficient (Wildman–Crippen LogP) is 5.36. The summed E-state index contributed by atoms with van der Waals surface area (Å²) in [4.78, 5) is 15.2. The summed E-state index contributed by atoms with van der Waals surface area (Å²) in [5, 5.41) is 14.7. The van der Waals surface area contributed by atoms with E-state index < -0.39 is 6.10 Å². The van der Waals surface area contributed by atoms with Gasteiger partial charge in [-0.2, -0.15) is 0 Å². The SMILES string of the molecule is CC(C1CCC2C3CCC4[C@@H](O)[C@@H](NC(=O)c5ccccc5)CC[C@]4(C)C3CC[C@@]21C)N(C)C. The predicted molar refractivity (Wildman–Crippen MR) is 137 cm³/mol. The maximum absolute atomic E-state index is 12.8. The average Bonchev–Trinajstić information content (AvgIpc) is 3.18. The summed E-state index contributed by atoms with van der Waals surface area (Å²) in [6.07, 6.45) is 9.35. The van der Waals surface area contributed by atoms with Gasteiger partial charge in [0.1, 0.15) is 0 Å². The fraction of sp³-hybridized carbons (Fsp3) is 0.767. The third-order valence-corrected chi connectivity index (χ3v) is 11.6. The van der Waals surface area contributed by atoms with Gasteiger partial charge in [-0.1, -0.05) is 32.0 Å². The van der Waals surface area contributed by atoms with Gasteiger partial charge >= 0.3 is 0 Å². The minimum Gasteiger partial charge on any atom is -0.391 e. The summed E-state index contributed by atoms with van der Waals surface area (Å²) in [7, 11) is 4.49. The quantitative estimate of drug-likeness (QED) is 0.628. The molecular weight excluding hydrogens is 420 g/mol. The molecule has 4 saturated carbocycles. The first kappa shape index (κ1) is 24.3. The number of hydrogen-bond donors (Lipinski definition) is 2. The average molecular weight is 467 g/mol. The number of rotatable bonds is 4. The van der Waals surface area contributed by atoms with Crippen molar-refractivity contribution in [2.75, 3.05) is 14.1 Å². The van der Waals surface area contributed by atoms with E-state index in [1.54, 1.807) is 0 Å². The molecule has 4 nitrogen and oxygen atoms in total. The molecule has 0 heterocycles. The Labute approximate surface area is 206 Å². The van der Waals surface area contributed by atoms with E-state index in [1.165, 1.54) is 32.1 Å². The van der Waals surface area contributed by atoms with Crippen molar-refractivity contribution < 1.29 is 9.90 Å². The van der Waals surface area contributed by atoms with Crippen LogP contribution in [0.1, 0.15) is 82.5 Å². The second kappa shape index (κ2) is 8.92. The van der Waals surface area contributed by atoms with Gasteiger partial charge in [0.25, 0.3) is 5.91 Å². The molecular formula is C30H46N2O2. The van der Waals surface area contributed by atoms with Crippen molar-refractivity contribution in [3.8, 4) is 0 Å². The van der Waals surface area contributed by atoms with Crippen LogP contribution in [0.15, 0.2) is 30.3 Å². The Morgan fingerprint density at radius 2 is 1.59 bits per heavy atom. The molecule has 0 radical (unpaired) electrons. The molecule has 10 atom stereocenters. The molecule has 1 aromatic rings. The van der Waals surface area contributed by atoms with Gasteiger partial charge < -0.3 is 15.3 Å². The van der Waals surface area contributed by atoms with E-state index >= 15 is 0 Å². The van der Waals surface area contributed by atoms with Gasteiger partial charge in [-0.15, -0.1) is 0 Å². The summed E-state index contributed by atoms with van der Waals surface area (Å²) >= 11 is 0. The highest BCUT2D eigenvalue weighted by molar-refractivity contribution is 5.94.